The molecule has 0 N–H and O–H groups in total. The molecule has 4 nitrogen and oxygen atoms in total. The molecular weight excluding hydrogens is 270 g/mol. The van der Waals surface area contributed by atoms with Gasteiger partial charge in [0.05, 0.1) is 0 Å². The van der Waals surface area contributed by atoms with Gasteiger partial charge in [0.25, 0.3) is 0 Å². The van der Waals surface area contributed by atoms with E-state index in [1.165, 1.54) is 0 Å². The average Bonchev–Trinajstić information content (AvgIpc) is 2.70. The summed E-state index contributed by atoms with van der Waals surface area (Å²) in [6.45, 7) is 6.46. The maximum Gasteiger partial charge on any atom is 0.170 e. The number of hydrogen-bond acceptors (Lipinski definition) is 4. The van der Waals surface area contributed by atoms with Gasteiger partial charge >= 0.3 is 0 Å². The lowest BCUT2D eigenvalue weighted by atomic mass is 10.1. The van der Waals surface area contributed by atoms with Gasteiger partial charge in [-0.15, -0.1) is 0 Å². The van der Waals surface area contributed by atoms with Gasteiger partial charge in [-0.1, -0.05) is 19.9 Å². The molecule has 3 rings (SSSR count). The number of aromatic nitrogens is 2. The van der Waals surface area contributed by atoms with Crippen LogP contribution in [0.2, 0.25) is 0 Å². The number of nitrogens with zero attached hydrogens (tertiary/aromatic N) is 3. The Morgan fingerprint density at radius 3 is 3.00 bits per heavy atom. The van der Waals surface area contributed by atoms with Gasteiger partial charge < -0.3 is 4.90 Å². The number of imidazole rings is 1. The van der Waals surface area contributed by atoms with Crippen LogP contribution >= 0.6 is 11.8 Å². The van der Waals surface area contributed by atoms with E-state index in [4.69, 9.17) is 0 Å². The summed E-state index contributed by atoms with van der Waals surface area (Å²) in [5.74, 6) is 1.89. The van der Waals surface area contributed by atoms with Crippen LogP contribution in [0, 0.1) is 0 Å². The molecule has 0 saturated carbocycles. The molecule has 2 aromatic heterocycles. The Bertz CT molecular complexity index is 635. The summed E-state index contributed by atoms with van der Waals surface area (Å²) < 4.78 is 2.17. The minimum absolute atomic E-state index is 0.301. The van der Waals surface area contributed by atoms with Gasteiger partial charge in [0.15, 0.2) is 12.1 Å². The summed E-state index contributed by atoms with van der Waals surface area (Å²) >= 11 is 2.00. The smallest absolute Gasteiger partial charge is 0.170 e. The number of hydrogen-bond donors (Lipinski definition) is 0. The van der Waals surface area contributed by atoms with E-state index in [0.717, 1.165) is 43.0 Å². The second-order valence-electron chi connectivity index (χ2n) is 5.71. The third-order valence-corrected chi connectivity index (χ3v) is 5.17. The molecule has 0 radical (unpaired) electrons. The Balaban J connectivity index is 1.99. The molecule has 1 saturated heterocycles. The normalized spacial score (nSPS) is 19.0. The van der Waals surface area contributed by atoms with E-state index in [1.807, 2.05) is 40.6 Å². The van der Waals surface area contributed by atoms with Crippen LogP contribution in [0.15, 0.2) is 24.4 Å². The molecule has 1 aliphatic rings. The van der Waals surface area contributed by atoms with Gasteiger partial charge in [-0.05, 0) is 18.6 Å². The number of carbonyl (C=O) groups is 1. The van der Waals surface area contributed by atoms with Crippen LogP contribution in [0.3, 0.4) is 0 Å². The van der Waals surface area contributed by atoms with E-state index in [2.05, 4.69) is 23.7 Å². The fourth-order valence-corrected chi connectivity index (χ4v) is 3.68. The number of fused-ring (bicyclic) bond motifs is 1. The van der Waals surface area contributed by atoms with Crippen LogP contribution in [0.1, 0.15) is 30.8 Å². The average molecular weight is 289 g/mol. The monoisotopic (exact) mass is 289 g/mol. The van der Waals surface area contributed by atoms with E-state index in [9.17, 15) is 4.79 Å². The van der Waals surface area contributed by atoms with Gasteiger partial charge in [-0.25, -0.2) is 4.98 Å². The molecule has 106 valence electrons. The summed E-state index contributed by atoms with van der Waals surface area (Å²) in [5.41, 5.74) is 1.49. The second kappa shape index (κ2) is 5.13. The molecule has 0 amide bonds. The molecule has 3 heterocycles. The standard InChI is InChI=1S/C15H19N3OS/c1-15(2)6-8-17(9-10-20-15)14-12(11-19)18-7-4-3-5-13(18)16-14/h3-5,7,11H,6,8-10H2,1-2H3. The maximum absolute atomic E-state index is 11.5. The van der Waals surface area contributed by atoms with Gasteiger partial charge in [-0.3, -0.25) is 9.20 Å². The fraction of sp³-hybridized carbons (Fsp3) is 0.467. The summed E-state index contributed by atoms with van der Waals surface area (Å²) in [6, 6.07) is 5.81. The Kier molecular flexibility index (Phi) is 3.46. The van der Waals surface area contributed by atoms with Gasteiger partial charge in [-0.2, -0.15) is 11.8 Å². The minimum Gasteiger partial charge on any atom is -0.354 e. The fourth-order valence-electron chi connectivity index (χ4n) is 2.58. The second-order valence-corrected chi connectivity index (χ2v) is 7.51. The summed E-state index contributed by atoms with van der Waals surface area (Å²) in [7, 11) is 0. The predicted octanol–water partition coefficient (Wildman–Crippen LogP) is 2.87. The third kappa shape index (κ3) is 2.42. The van der Waals surface area contributed by atoms with Crippen molar-refractivity contribution in [2.24, 2.45) is 0 Å². The van der Waals surface area contributed by atoms with Crippen LogP contribution in [0.25, 0.3) is 5.65 Å². The topological polar surface area (TPSA) is 37.6 Å². The Morgan fingerprint density at radius 2 is 2.20 bits per heavy atom. The van der Waals surface area contributed by atoms with E-state index in [0.29, 0.717) is 10.4 Å². The lowest BCUT2D eigenvalue weighted by Gasteiger charge is -2.22. The quantitative estimate of drug-likeness (QED) is 0.797. The molecule has 0 bridgehead atoms. The van der Waals surface area contributed by atoms with Crippen molar-refractivity contribution in [1.82, 2.24) is 9.38 Å². The van der Waals surface area contributed by atoms with Crippen molar-refractivity contribution < 1.29 is 4.79 Å². The molecule has 0 atom stereocenters. The molecule has 1 aliphatic heterocycles. The first-order valence-corrected chi connectivity index (χ1v) is 7.90. The van der Waals surface area contributed by atoms with E-state index in [-0.39, 0.29) is 0 Å². The van der Waals surface area contributed by atoms with Crippen molar-refractivity contribution >= 4 is 29.5 Å². The largest absolute Gasteiger partial charge is 0.354 e. The zero-order valence-electron chi connectivity index (χ0n) is 11.9. The molecule has 5 heteroatoms. The first-order valence-electron chi connectivity index (χ1n) is 6.92. The number of rotatable bonds is 2. The molecule has 2 aromatic rings. The first-order chi connectivity index (χ1) is 9.61. The van der Waals surface area contributed by atoms with Crippen molar-refractivity contribution in [1.29, 1.82) is 0 Å². The summed E-state index contributed by atoms with van der Waals surface area (Å²) in [4.78, 5) is 18.4. The van der Waals surface area contributed by atoms with Crippen LogP contribution in [0.4, 0.5) is 5.82 Å². The zero-order chi connectivity index (χ0) is 14.2. The zero-order valence-corrected chi connectivity index (χ0v) is 12.7. The highest BCUT2D eigenvalue weighted by molar-refractivity contribution is 8.00. The molecule has 0 spiro atoms. The predicted molar refractivity (Wildman–Crippen MR) is 83.9 cm³/mol. The lowest BCUT2D eigenvalue weighted by Crippen LogP contribution is -2.28. The van der Waals surface area contributed by atoms with Crippen molar-refractivity contribution in [3.63, 3.8) is 0 Å². The molecule has 0 aliphatic carbocycles. The third-order valence-electron chi connectivity index (χ3n) is 3.80. The van der Waals surface area contributed by atoms with E-state index >= 15 is 0 Å². The Morgan fingerprint density at radius 1 is 1.35 bits per heavy atom. The number of pyridine rings is 1. The Hall–Kier alpha value is -1.49. The van der Waals surface area contributed by atoms with Crippen LogP contribution < -0.4 is 4.90 Å². The maximum atomic E-state index is 11.5. The minimum atomic E-state index is 0.301. The number of aldehydes is 1. The number of thioether (sulfide) groups is 1. The van der Waals surface area contributed by atoms with E-state index in [1.54, 1.807) is 0 Å². The Labute approximate surface area is 123 Å². The first kappa shape index (κ1) is 13.5. The van der Waals surface area contributed by atoms with Crippen LogP contribution in [0.5, 0.6) is 0 Å². The van der Waals surface area contributed by atoms with E-state index < -0.39 is 0 Å². The SMILES string of the molecule is CC1(C)CCN(c2nc3ccccn3c2C=O)CCS1. The molecule has 0 aromatic carbocycles. The van der Waals surface area contributed by atoms with Crippen molar-refractivity contribution in [3.8, 4) is 0 Å². The van der Waals surface area contributed by atoms with Crippen LogP contribution in [-0.4, -0.2) is 39.3 Å². The molecular formula is C15H19N3OS. The van der Waals surface area contributed by atoms with Gasteiger partial charge in [0.2, 0.25) is 0 Å². The van der Waals surface area contributed by atoms with Crippen molar-refractivity contribution in [2.45, 2.75) is 25.0 Å². The van der Waals surface area contributed by atoms with Crippen molar-refractivity contribution in [3.05, 3.63) is 30.1 Å². The number of carbonyl (C=O) groups excluding carboxylic acids is 1. The molecule has 0 unspecified atom stereocenters. The van der Waals surface area contributed by atoms with Gasteiger partial charge in [0, 0.05) is 29.8 Å². The van der Waals surface area contributed by atoms with Crippen LogP contribution in [-0.2, 0) is 0 Å². The van der Waals surface area contributed by atoms with Gasteiger partial charge in [0.1, 0.15) is 11.3 Å². The molecule has 20 heavy (non-hydrogen) atoms. The number of anilines is 1. The summed E-state index contributed by atoms with van der Waals surface area (Å²) in [5, 5.41) is 0. The summed E-state index contributed by atoms with van der Waals surface area (Å²) in [6.07, 6.45) is 3.91. The lowest BCUT2D eigenvalue weighted by molar-refractivity contribution is 0.111. The highest BCUT2D eigenvalue weighted by atomic mass is 32.2. The highest BCUT2D eigenvalue weighted by Gasteiger charge is 2.26. The molecule has 1 fully saturated rings. The highest BCUT2D eigenvalue weighted by Crippen LogP contribution is 2.32. The van der Waals surface area contributed by atoms with Crippen molar-refractivity contribution in [2.75, 3.05) is 23.7 Å².